The third-order valence-electron chi connectivity index (χ3n) is 3.46. The lowest BCUT2D eigenvalue weighted by atomic mass is 9.70. The first-order chi connectivity index (χ1) is 6.04. The van der Waals surface area contributed by atoms with Crippen LogP contribution in [0.1, 0.15) is 53.4 Å². The maximum atomic E-state index is 2.39. The van der Waals surface area contributed by atoms with Gasteiger partial charge in [0.1, 0.15) is 0 Å². The Labute approximate surface area is 83.4 Å². The summed E-state index contributed by atoms with van der Waals surface area (Å²) in [4.78, 5) is 0. The second kappa shape index (κ2) is 4.30. The zero-order valence-corrected chi connectivity index (χ0v) is 9.64. The highest BCUT2D eigenvalue weighted by Gasteiger charge is 2.28. The lowest BCUT2D eigenvalue weighted by Gasteiger charge is -2.36. The van der Waals surface area contributed by atoms with E-state index >= 15 is 0 Å². The van der Waals surface area contributed by atoms with Crippen molar-refractivity contribution in [3.8, 4) is 0 Å². The van der Waals surface area contributed by atoms with Crippen molar-refractivity contribution < 1.29 is 0 Å². The van der Waals surface area contributed by atoms with Gasteiger partial charge in [0.15, 0.2) is 0 Å². The zero-order valence-electron chi connectivity index (χ0n) is 9.64. The predicted molar refractivity (Wildman–Crippen MR) is 59.7 cm³/mol. The Morgan fingerprint density at radius 2 is 1.54 bits per heavy atom. The first-order valence-electron chi connectivity index (χ1n) is 5.67. The average Bonchev–Trinajstić information content (AvgIpc) is 2.04. The van der Waals surface area contributed by atoms with E-state index in [0.29, 0.717) is 5.41 Å². The summed E-state index contributed by atoms with van der Waals surface area (Å²) in [6.07, 6.45) is 10.3. The third-order valence-corrected chi connectivity index (χ3v) is 3.46. The Hall–Kier alpha value is -0.260. The van der Waals surface area contributed by atoms with Gasteiger partial charge in [0, 0.05) is 0 Å². The molecule has 0 aromatic rings. The first kappa shape index (κ1) is 10.8. The molecule has 0 N–H and O–H groups in total. The van der Waals surface area contributed by atoms with Gasteiger partial charge in [-0.1, -0.05) is 32.9 Å². The predicted octanol–water partition coefficient (Wildman–Crippen LogP) is 4.42. The van der Waals surface area contributed by atoms with Gasteiger partial charge in [0.05, 0.1) is 0 Å². The van der Waals surface area contributed by atoms with E-state index in [2.05, 4.69) is 39.8 Å². The largest absolute Gasteiger partial charge is 0.0914 e. The maximum absolute atomic E-state index is 2.39. The van der Waals surface area contributed by atoms with E-state index in [4.69, 9.17) is 0 Å². The van der Waals surface area contributed by atoms with Gasteiger partial charge in [-0.05, 0) is 49.9 Å². The number of rotatable bonds is 1. The fourth-order valence-corrected chi connectivity index (χ4v) is 2.45. The minimum absolute atomic E-state index is 0.529. The van der Waals surface area contributed by atoms with E-state index < -0.39 is 0 Å². The lowest BCUT2D eigenvalue weighted by molar-refractivity contribution is 0.163. The average molecular weight is 180 g/mol. The fourth-order valence-electron chi connectivity index (χ4n) is 2.45. The molecule has 0 heteroatoms. The fraction of sp³-hybridized carbons (Fsp3) is 0.846. The molecule has 0 atom stereocenters. The monoisotopic (exact) mass is 180 g/mol. The Kier molecular flexibility index (Phi) is 3.58. The molecular formula is C13H24. The molecule has 1 fully saturated rings. The molecule has 0 radical (unpaired) electrons. The Balaban J connectivity index is 2.39. The van der Waals surface area contributed by atoms with Crippen LogP contribution in [-0.2, 0) is 0 Å². The lowest BCUT2D eigenvalue weighted by Crippen LogP contribution is -2.25. The summed E-state index contributed by atoms with van der Waals surface area (Å²) in [5, 5.41) is 0. The van der Waals surface area contributed by atoms with E-state index in [1.165, 1.54) is 25.7 Å². The molecule has 1 aliphatic rings. The number of hydrogen-bond acceptors (Lipinski definition) is 0. The van der Waals surface area contributed by atoms with Gasteiger partial charge in [-0.15, -0.1) is 0 Å². The second-order valence-electron chi connectivity index (χ2n) is 5.50. The standard InChI is InChI=1S/C13H24/c1-5-6-11-7-9-12(10-8-11)13(2,3)4/h5-6,11-12H,7-10H2,1-4H3/b6-5-. The normalized spacial score (nSPS) is 31.1. The van der Waals surface area contributed by atoms with Crippen molar-refractivity contribution in [1.82, 2.24) is 0 Å². The van der Waals surface area contributed by atoms with Crippen LogP contribution in [0.25, 0.3) is 0 Å². The summed E-state index contributed by atoms with van der Waals surface area (Å²) in [6.45, 7) is 9.28. The van der Waals surface area contributed by atoms with Crippen molar-refractivity contribution in [1.29, 1.82) is 0 Å². The van der Waals surface area contributed by atoms with Crippen LogP contribution in [0.3, 0.4) is 0 Å². The summed E-state index contributed by atoms with van der Waals surface area (Å²) in [5.41, 5.74) is 0.529. The van der Waals surface area contributed by atoms with Crippen LogP contribution in [0.15, 0.2) is 12.2 Å². The molecule has 0 nitrogen and oxygen atoms in total. The van der Waals surface area contributed by atoms with Gasteiger partial charge in [0.25, 0.3) is 0 Å². The molecule has 13 heavy (non-hydrogen) atoms. The highest BCUT2D eigenvalue weighted by atomic mass is 14.3. The van der Waals surface area contributed by atoms with Gasteiger partial charge < -0.3 is 0 Å². The molecule has 0 unspecified atom stereocenters. The molecule has 0 heterocycles. The van der Waals surface area contributed by atoms with E-state index in [-0.39, 0.29) is 0 Å². The second-order valence-corrected chi connectivity index (χ2v) is 5.50. The summed E-state index contributed by atoms with van der Waals surface area (Å²) >= 11 is 0. The number of hydrogen-bond donors (Lipinski definition) is 0. The first-order valence-corrected chi connectivity index (χ1v) is 5.67. The van der Waals surface area contributed by atoms with Crippen LogP contribution in [0.2, 0.25) is 0 Å². The van der Waals surface area contributed by atoms with Gasteiger partial charge in [0.2, 0.25) is 0 Å². The summed E-state index contributed by atoms with van der Waals surface area (Å²) in [6, 6.07) is 0. The molecule has 0 aromatic carbocycles. The highest BCUT2D eigenvalue weighted by Crippen LogP contribution is 2.39. The van der Waals surface area contributed by atoms with E-state index in [1.54, 1.807) is 0 Å². The quantitative estimate of drug-likeness (QED) is 0.524. The SMILES string of the molecule is C/C=C\C1CCC(C(C)(C)C)CC1. The Morgan fingerprint density at radius 1 is 1.00 bits per heavy atom. The molecule has 0 bridgehead atoms. The molecule has 0 aliphatic heterocycles. The van der Waals surface area contributed by atoms with E-state index in [0.717, 1.165) is 11.8 Å². The highest BCUT2D eigenvalue weighted by molar-refractivity contribution is 4.90. The molecular weight excluding hydrogens is 156 g/mol. The molecule has 0 amide bonds. The topological polar surface area (TPSA) is 0 Å². The smallest absolute Gasteiger partial charge is 0.0233 e. The van der Waals surface area contributed by atoms with Crippen LogP contribution in [0.5, 0.6) is 0 Å². The van der Waals surface area contributed by atoms with Gasteiger partial charge in [-0.2, -0.15) is 0 Å². The minimum atomic E-state index is 0.529. The van der Waals surface area contributed by atoms with Crippen molar-refractivity contribution >= 4 is 0 Å². The van der Waals surface area contributed by atoms with Crippen LogP contribution in [0.4, 0.5) is 0 Å². The minimum Gasteiger partial charge on any atom is -0.0914 e. The van der Waals surface area contributed by atoms with Crippen molar-refractivity contribution in [2.24, 2.45) is 17.3 Å². The molecule has 76 valence electrons. The molecule has 0 saturated heterocycles. The molecule has 0 spiro atoms. The molecule has 1 saturated carbocycles. The summed E-state index contributed by atoms with van der Waals surface area (Å²) in [7, 11) is 0. The summed E-state index contributed by atoms with van der Waals surface area (Å²) in [5.74, 6) is 1.83. The van der Waals surface area contributed by atoms with Crippen LogP contribution < -0.4 is 0 Å². The van der Waals surface area contributed by atoms with Gasteiger partial charge in [-0.3, -0.25) is 0 Å². The summed E-state index contributed by atoms with van der Waals surface area (Å²) < 4.78 is 0. The number of allylic oxidation sites excluding steroid dienone is 2. The molecule has 1 aliphatic carbocycles. The van der Waals surface area contributed by atoms with Crippen LogP contribution >= 0.6 is 0 Å². The molecule has 1 rings (SSSR count). The van der Waals surface area contributed by atoms with Gasteiger partial charge >= 0.3 is 0 Å². The maximum Gasteiger partial charge on any atom is -0.0233 e. The zero-order chi connectivity index (χ0) is 9.90. The van der Waals surface area contributed by atoms with Crippen molar-refractivity contribution in [3.63, 3.8) is 0 Å². The Morgan fingerprint density at radius 3 is 1.92 bits per heavy atom. The van der Waals surface area contributed by atoms with Crippen LogP contribution in [0, 0.1) is 17.3 Å². The Bertz CT molecular complexity index is 163. The van der Waals surface area contributed by atoms with E-state index in [9.17, 15) is 0 Å². The molecule has 0 aromatic heterocycles. The van der Waals surface area contributed by atoms with Crippen molar-refractivity contribution in [2.45, 2.75) is 53.4 Å². The van der Waals surface area contributed by atoms with E-state index in [1.807, 2.05) is 0 Å². The van der Waals surface area contributed by atoms with Crippen molar-refractivity contribution in [2.75, 3.05) is 0 Å². The van der Waals surface area contributed by atoms with Crippen LogP contribution in [-0.4, -0.2) is 0 Å². The third kappa shape index (κ3) is 3.17. The van der Waals surface area contributed by atoms with Crippen molar-refractivity contribution in [3.05, 3.63) is 12.2 Å². The van der Waals surface area contributed by atoms with Gasteiger partial charge in [-0.25, -0.2) is 0 Å².